The zero-order valence-electron chi connectivity index (χ0n) is 13.2. The van der Waals surface area contributed by atoms with Crippen molar-refractivity contribution in [2.75, 3.05) is 0 Å². The van der Waals surface area contributed by atoms with Crippen LogP contribution in [0.15, 0.2) is 48.5 Å². The van der Waals surface area contributed by atoms with E-state index < -0.39 is 5.60 Å². The fourth-order valence-electron chi connectivity index (χ4n) is 4.37. The van der Waals surface area contributed by atoms with Crippen molar-refractivity contribution >= 4 is 16.7 Å². The minimum atomic E-state index is -0.835. The van der Waals surface area contributed by atoms with Gasteiger partial charge in [0.25, 0.3) is 0 Å². The Bertz CT molecular complexity index is 1040. The van der Waals surface area contributed by atoms with Crippen LogP contribution in [0.3, 0.4) is 0 Å². The summed E-state index contributed by atoms with van der Waals surface area (Å²) >= 11 is 0. The summed E-state index contributed by atoms with van der Waals surface area (Å²) in [6, 6.07) is 14.7. The van der Waals surface area contributed by atoms with Crippen molar-refractivity contribution in [1.82, 2.24) is 0 Å². The molecule has 0 saturated heterocycles. The van der Waals surface area contributed by atoms with Crippen LogP contribution in [-0.2, 0) is 16.8 Å². The van der Waals surface area contributed by atoms with Gasteiger partial charge in [-0.25, -0.2) is 9.18 Å². The summed E-state index contributed by atoms with van der Waals surface area (Å²) in [4.78, 5) is 12.7. The zero-order valence-corrected chi connectivity index (χ0v) is 13.2. The maximum atomic E-state index is 14.7. The Balaban J connectivity index is 1.88. The number of ether oxygens (including phenoxy) is 1. The predicted molar refractivity (Wildman–Crippen MR) is 89.6 cm³/mol. The molecule has 0 N–H and O–H groups in total. The number of fused-ring (bicyclic) bond motifs is 6. The first kappa shape index (κ1) is 13.7. The lowest BCUT2D eigenvalue weighted by Gasteiger charge is -2.25. The number of carbonyl (C=O) groups excluding carboxylic acids is 1. The molecule has 0 fully saturated rings. The third-order valence-electron chi connectivity index (χ3n) is 5.47. The van der Waals surface area contributed by atoms with Gasteiger partial charge in [0.05, 0.1) is 5.56 Å². The van der Waals surface area contributed by atoms with Crippen molar-refractivity contribution in [3.8, 4) is 0 Å². The van der Waals surface area contributed by atoms with Gasteiger partial charge < -0.3 is 4.74 Å². The molecule has 1 atom stereocenters. The number of halogens is 1. The second-order valence-electron chi connectivity index (χ2n) is 6.64. The van der Waals surface area contributed by atoms with Crippen LogP contribution >= 0.6 is 0 Å². The molecule has 0 amide bonds. The van der Waals surface area contributed by atoms with Crippen LogP contribution in [0.4, 0.5) is 4.39 Å². The number of hydrogen-bond donors (Lipinski definition) is 0. The average molecular weight is 318 g/mol. The number of aryl methyl sites for hydroxylation is 1. The highest BCUT2D eigenvalue weighted by Crippen LogP contribution is 2.52. The Hall–Kier alpha value is -2.68. The Morgan fingerprint density at radius 1 is 1.04 bits per heavy atom. The molecule has 0 saturated carbocycles. The van der Waals surface area contributed by atoms with E-state index in [-0.39, 0.29) is 11.8 Å². The molecule has 3 heteroatoms. The van der Waals surface area contributed by atoms with Crippen LogP contribution < -0.4 is 0 Å². The number of carbonyl (C=O) groups is 1. The predicted octanol–water partition coefficient (Wildman–Crippen LogP) is 4.65. The van der Waals surface area contributed by atoms with Crippen molar-refractivity contribution in [3.05, 3.63) is 82.2 Å². The maximum Gasteiger partial charge on any atom is 0.340 e. The Morgan fingerprint density at radius 3 is 2.67 bits per heavy atom. The van der Waals surface area contributed by atoms with Crippen molar-refractivity contribution in [2.45, 2.75) is 25.4 Å². The lowest BCUT2D eigenvalue weighted by atomic mass is 9.84. The summed E-state index contributed by atoms with van der Waals surface area (Å²) in [5.74, 6) is -0.654. The lowest BCUT2D eigenvalue weighted by molar-refractivity contribution is 0.0116. The van der Waals surface area contributed by atoms with Crippen LogP contribution in [0.2, 0.25) is 0 Å². The van der Waals surface area contributed by atoms with Crippen molar-refractivity contribution in [3.63, 3.8) is 0 Å². The highest BCUT2D eigenvalue weighted by atomic mass is 19.1. The van der Waals surface area contributed by atoms with Gasteiger partial charge >= 0.3 is 5.97 Å². The average Bonchev–Trinajstić information content (AvgIpc) is 3.09. The van der Waals surface area contributed by atoms with Gasteiger partial charge in [-0.2, -0.15) is 0 Å². The number of rotatable bonds is 0. The van der Waals surface area contributed by atoms with Gasteiger partial charge in [0.2, 0.25) is 0 Å². The first-order valence-electron chi connectivity index (χ1n) is 8.16. The van der Waals surface area contributed by atoms with Crippen LogP contribution in [-0.4, -0.2) is 5.97 Å². The lowest BCUT2D eigenvalue weighted by Crippen LogP contribution is -2.24. The first-order chi connectivity index (χ1) is 11.6. The molecule has 1 unspecified atom stereocenters. The Morgan fingerprint density at radius 2 is 1.83 bits per heavy atom. The molecule has 3 aromatic rings. The van der Waals surface area contributed by atoms with Gasteiger partial charge in [-0.15, -0.1) is 0 Å². The molecule has 0 aromatic heterocycles. The van der Waals surface area contributed by atoms with Crippen molar-refractivity contribution in [2.24, 2.45) is 0 Å². The number of benzene rings is 3. The van der Waals surface area contributed by atoms with Crippen LogP contribution in [0, 0.1) is 12.7 Å². The first-order valence-corrected chi connectivity index (χ1v) is 8.16. The SMILES string of the molecule is Cc1cccc2c1CCC21OC(=O)c2c1cc(F)c1ccccc21. The fourth-order valence-corrected chi connectivity index (χ4v) is 4.37. The zero-order chi connectivity index (χ0) is 16.5. The quantitative estimate of drug-likeness (QED) is 0.564. The molecule has 0 radical (unpaired) electrons. The van der Waals surface area contributed by atoms with E-state index in [0.717, 1.165) is 12.0 Å². The van der Waals surface area contributed by atoms with E-state index in [2.05, 4.69) is 13.0 Å². The topological polar surface area (TPSA) is 26.3 Å². The molecule has 5 rings (SSSR count). The molecular formula is C21H15FO2. The summed E-state index contributed by atoms with van der Waals surface area (Å²) in [5, 5.41) is 1.10. The highest BCUT2D eigenvalue weighted by Gasteiger charge is 2.51. The van der Waals surface area contributed by atoms with Crippen LogP contribution in [0.5, 0.6) is 0 Å². The molecule has 1 aliphatic carbocycles. The molecule has 3 aromatic carbocycles. The van der Waals surface area contributed by atoms with E-state index in [9.17, 15) is 9.18 Å². The van der Waals surface area contributed by atoms with E-state index in [1.165, 1.54) is 17.2 Å². The van der Waals surface area contributed by atoms with Gasteiger partial charge in [-0.05, 0) is 42.3 Å². The number of esters is 1. The Labute approximate surface area is 138 Å². The smallest absolute Gasteiger partial charge is 0.340 e. The standard InChI is InChI=1S/C21H15FO2/c1-12-5-4-8-16-13(12)9-10-21(16)17-11-18(22)14-6-2-3-7-15(14)19(17)20(23)24-21/h2-8,11H,9-10H2,1H3. The minimum Gasteiger partial charge on any atom is -0.446 e. The van der Waals surface area contributed by atoms with E-state index in [1.54, 1.807) is 18.2 Å². The van der Waals surface area contributed by atoms with E-state index in [1.807, 2.05) is 18.2 Å². The van der Waals surface area contributed by atoms with Gasteiger partial charge in [-0.1, -0.05) is 42.5 Å². The van der Waals surface area contributed by atoms with E-state index in [4.69, 9.17) is 4.74 Å². The van der Waals surface area contributed by atoms with Gasteiger partial charge in [0.15, 0.2) is 5.60 Å². The molecule has 24 heavy (non-hydrogen) atoms. The minimum absolute atomic E-state index is 0.303. The van der Waals surface area contributed by atoms with Crippen LogP contribution in [0.1, 0.15) is 39.0 Å². The summed E-state index contributed by atoms with van der Waals surface area (Å²) in [6.45, 7) is 2.07. The molecule has 1 spiro atoms. The summed E-state index contributed by atoms with van der Waals surface area (Å²) in [5.41, 5.74) is 3.76. The largest absolute Gasteiger partial charge is 0.446 e. The van der Waals surface area contributed by atoms with Crippen LogP contribution in [0.25, 0.3) is 10.8 Å². The third-order valence-corrected chi connectivity index (χ3v) is 5.47. The van der Waals surface area contributed by atoms with E-state index in [0.29, 0.717) is 28.3 Å². The second kappa shape index (κ2) is 4.44. The summed E-state index contributed by atoms with van der Waals surface area (Å²) in [6.07, 6.45) is 1.51. The molecule has 118 valence electrons. The summed E-state index contributed by atoms with van der Waals surface area (Å²) in [7, 11) is 0. The molecule has 1 aliphatic heterocycles. The molecule has 1 heterocycles. The Kier molecular flexibility index (Phi) is 2.54. The third kappa shape index (κ3) is 1.52. The molecule has 0 bridgehead atoms. The van der Waals surface area contributed by atoms with Gasteiger partial charge in [0.1, 0.15) is 5.82 Å². The van der Waals surface area contributed by atoms with Crippen molar-refractivity contribution < 1.29 is 13.9 Å². The van der Waals surface area contributed by atoms with Gasteiger partial charge in [-0.3, -0.25) is 0 Å². The normalized spacial score (nSPS) is 21.2. The molecule has 2 nitrogen and oxygen atoms in total. The van der Waals surface area contributed by atoms with Crippen molar-refractivity contribution in [1.29, 1.82) is 0 Å². The highest BCUT2D eigenvalue weighted by molar-refractivity contribution is 6.08. The molecule has 2 aliphatic rings. The number of hydrogen-bond acceptors (Lipinski definition) is 2. The second-order valence-corrected chi connectivity index (χ2v) is 6.64. The summed E-state index contributed by atoms with van der Waals surface area (Å²) < 4.78 is 20.6. The van der Waals surface area contributed by atoms with Gasteiger partial charge in [0, 0.05) is 16.5 Å². The maximum absolute atomic E-state index is 14.7. The monoisotopic (exact) mass is 318 g/mol. The van der Waals surface area contributed by atoms with E-state index >= 15 is 0 Å². The molecular weight excluding hydrogens is 303 g/mol. The fraction of sp³-hybridized carbons (Fsp3) is 0.190.